The number of carbonyl (C=O) groups is 1. The molecule has 0 heterocycles. The van der Waals surface area contributed by atoms with E-state index in [1.54, 1.807) is 6.92 Å². The predicted octanol–water partition coefficient (Wildman–Crippen LogP) is 0.315. The molecule has 3 nitrogen and oxygen atoms in total. The fourth-order valence-electron chi connectivity index (χ4n) is 0.130. The van der Waals surface area contributed by atoms with Gasteiger partial charge in [0.1, 0.15) is 0 Å². The van der Waals surface area contributed by atoms with Crippen LogP contribution in [0.25, 0.3) is 0 Å². The minimum absolute atomic E-state index is 0.301. The van der Waals surface area contributed by atoms with E-state index in [1.807, 2.05) is 0 Å². The van der Waals surface area contributed by atoms with E-state index in [0.717, 1.165) is 6.79 Å². The SMILES string of the molecule is CCO[CH]OC=O. The quantitative estimate of drug-likeness (QED) is 0.379. The molecule has 0 spiro atoms. The molecule has 0 rings (SSSR count). The first-order chi connectivity index (χ1) is 3.41. The molecule has 7 heavy (non-hydrogen) atoms. The minimum Gasteiger partial charge on any atom is -0.431 e. The van der Waals surface area contributed by atoms with Crippen LogP contribution in [0.5, 0.6) is 0 Å². The molecule has 0 aliphatic rings. The average Bonchev–Trinajstić information content (AvgIpc) is 1.69. The monoisotopic (exact) mass is 103 g/mol. The van der Waals surface area contributed by atoms with Crippen LogP contribution in [0, 0.1) is 6.79 Å². The van der Waals surface area contributed by atoms with Gasteiger partial charge in [-0.1, -0.05) is 0 Å². The van der Waals surface area contributed by atoms with E-state index >= 15 is 0 Å². The van der Waals surface area contributed by atoms with Gasteiger partial charge in [-0.25, -0.2) is 0 Å². The fraction of sp³-hybridized carbons (Fsp3) is 0.500. The molecule has 0 aliphatic carbocycles. The molecule has 0 bridgehead atoms. The van der Waals surface area contributed by atoms with Crippen LogP contribution in [0.4, 0.5) is 0 Å². The van der Waals surface area contributed by atoms with Gasteiger partial charge >= 0.3 is 0 Å². The van der Waals surface area contributed by atoms with E-state index in [9.17, 15) is 4.79 Å². The van der Waals surface area contributed by atoms with Gasteiger partial charge in [0.15, 0.2) is 0 Å². The second-order valence-corrected chi connectivity index (χ2v) is 0.784. The van der Waals surface area contributed by atoms with Crippen LogP contribution in [0.2, 0.25) is 0 Å². The van der Waals surface area contributed by atoms with Crippen LogP contribution in [0.1, 0.15) is 6.92 Å². The molecule has 0 saturated carbocycles. The summed E-state index contributed by atoms with van der Waals surface area (Å²) in [5.41, 5.74) is 0. The summed E-state index contributed by atoms with van der Waals surface area (Å²) in [5.74, 6) is 0. The van der Waals surface area contributed by atoms with Gasteiger partial charge in [0.25, 0.3) is 13.3 Å². The summed E-state index contributed by atoms with van der Waals surface area (Å²) in [7, 11) is 0. The summed E-state index contributed by atoms with van der Waals surface area (Å²) in [6.45, 7) is 3.61. The zero-order valence-electron chi connectivity index (χ0n) is 4.09. The van der Waals surface area contributed by atoms with Crippen molar-refractivity contribution >= 4 is 6.47 Å². The molecular formula is C4H7O3. The Kier molecular flexibility index (Phi) is 4.99. The van der Waals surface area contributed by atoms with Crippen molar-refractivity contribution in [2.45, 2.75) is 6.92 Å². The van der Waals surface area contributed by atoms with E-state index < -0.39 is 0 Å². The largest absolute Gasteiger partial charge is 0.431 e. The van der Waals surface area contributed by atoms with Crippen molar-refractivity contribution in [3.63, 3.8) is 0 Å². The van der Waals surface area contributed by atoms with E-state index in [-0.39, 0.29) is 0 Å². The zero-order chi connectivity index (χ0) is 5.54. The molecule has 0 aromatic heterocycles. The van der Waals surface area contributed by atoms with Gasteiger partial charge in [-0.2, -0.15) is 0 Å². The predicted molar refractivity (Wildman–Crippen MR) is 23.1 cm³/mol. The first-order valence-corrected chi connectivity index (χ1v) is 1.94. The van der Waals surface area contributed by atoms with Crippen LogP contribution < -0.4 is 0 Å². The van der Waals surface area contributed by atoms with E-state index in [4.69, 9.17) is 0 Å². The lowest BCUT2D eigenvalue weighted by Gasteiger charge is -1.91. The number of hydrogen-bond donors (Lipinski definition) is 0. The summed E-state index contributed by atoms with van der Waals surface area (Å²) >= 11 is 0. The average molecular weight is 103 g/mol. The van der Waals surface area contributed by atoms with Gasteiger partial charge in [-0.3, -0.25) is 4.79 Å². The molecule has 0 amide bonds. The maximum atomic E-state index is 9.35. The summed E-state index contributed by atoms with van der Waals surface area (Å²) in [6, 6.07) is 0. The standard InChI is InChI=1S/C4H7O3/c1-2-6-4-7-3-5/h3-4H,2H2,1H3. The summed E-state index contributed by atoms with van der Waals surface area (Å²) in [6.07, 6.45) is 0. The Balaban J connectivity index is 2.56. The van der Waals surface area contributed by atoms with E-state index in [1.165, 1.54) is 0 Å². The minimum atomic E-state index is 0.301. The first kappa shape index (κ1) is 6.43. The van der Waals surface area contributed by atoms with E-state index in [0.29, 0.717) is 13.1 Å². The third kappa shape index (κ3) is 5.43. The topological polar surface area (TPSA) is 35.5 Å². The Morgan fingerprint density at radius 3 is 2.86 bits per heavy atom. The molecule has 0 aromatic carbocycles. The highest BCUT2D eigenvalue weighted by Gasteiger charge is 1.78. The number of carbonyl (C=O) groups excluding carboxylic acids is 1. The Morgan fingerprint density at radius 2 is 2.43 bits per heavy atom. The summed E-state index contributed by atoms with van der Waals surface area (Å²) < 4.78 is 8.54. The molecular weight excluding hydrogens is 96.0 g/mol. The maximum Gasteiger partial charge on any atom is 0.295 e. The number of ether oxygens (including phenoxy) is 2. The zero-order valence-corrected chi connectivity index (χ0v) is 4.09. The molecule has 1 radical (unpaired) electrons. The smallest absolute Gasteiger partial charge is 0.295 e. The summed E-state index contributed by atoms with van der Waals surface area (Å²) in [5, 5.41) is 0. The Bertz CT molecular complexity index is 44.2. The first-order valence-electron chi connectivity index (χ1n) is 1.94. The molecule has 0 aromatic rings. The molecule has 0 unspecified atom stereocenters. The Hall–Kier alpha value is -0.570. The highest BCUT2D eigenvalue weighted by molar-refractivity contribution is 5.37. The lowest BCUT2D eigenvalue weighted by atomic mass is 10.9. The van der Waals surface area contributed by atoms with Crippen molar-refractivity contribution in [3.05, 3.63) is 6.79 Å². The normalized spacial score (nSPS) is 8.14. The highest BCUT2D eigenvalue weighted by Crippen LogP contribution is 1.77. The number of hydrogen-bond acceptors (Lipinski definition) is 3. The second-order valence-electron chi connectivity index (χ2n) is 0.784. The lowest BCUT2D eigenvalue weighted by Crippen LogP contribution is -1.89. The van der Waals surface area contributed by atoms with Crippen molar-refractivity contribution < 1.29 is 14.3 Å². The van der Waals surface area contributed by atoms with Crippen molar-refractivity contribution in [2.24, 2.45) is 0 Å². The van der Waals surface area contributed by atoms with Crippen molar-refractivity contribution in [3.8, 4) is 0 Å². The molecule has 0 saturated heterocycles. The molecule has 0 fully saturated rings. The maximum absolute atomic E-state index is 9.35. The van der Waals surface area contributed by atoms with Crippen LogP contribution in [0.3, 0.4) is 0 Å². The number of rotatable bonds is 4. The molecule has 0 atom stereocenters. The lowest BCUT2D eigenvalue weighted by molar-refractivity contribution is -0.131. The van der Waals surface area contributed by atoms with Gasteiger partial charge in [0.05, 0.1) is 0 Å². The fourth-order valence-corrected chi connectivity index (χ4v) is 0.130. The van der Waals surface area contributed by atoms with Gasteiger partial charge < -0.3 is 9.47 Å². The third-order valence-corrected chi connectivity index (χ3v) is 0.346. The molecule has 41 valence electrons. The van der Waals surface area contributed by atoms with Gasteiger partial charge in [-0.05, 0) is 6.92 Å². The molecule has 0 N–H and O–H groups in total. The van der Waals surface area contributed by atoms with Gasteiger partial charge in [-0.15, -0.1) is 0 Å². The van der Waals surface area contributed by atoms with Crippen LogP contribution in [-0.4, -0.2) is 13.1 Å². The van der Waals surface area contributed by atoms with Crippen molar-refractivity contribution in [1.29, 1.82) is 0 Å². The Labute approximate surface area is 42.2 Å². The van der Waals surface area contributed by atoms with Crippen molar-refractivity contribution in [2.75, 3.05) is 6.61 Å². The van der Waals surface area contributed by atoms with E-state index in [2.05, 4.69) is 9.47 Å². The Morgan fingerprint density at radius 1 is 1.71 bits per heavy atom. The molecule has 0 aliphatic heterocycles. The van der Waals surface area contributed by atoms with Crippen molar-refractivity contribution in [1.82, 2.24) is 0 Å². The van der Waals surface area contributed by atoms with Crippen LogP contribution >= 0.6 is 0 Å². The van der Waals surface area contributed by atoms with Crippen LogP contribution in [-0.2, 0) is 14.3 Å². The van der Waals surface area contributed by atoms with Gasteiger partial charge in [0.2, 0.25) is 0 Å². The highest BCUT2D eigenvalue weighted by atomic mass is 16.7. The third-order valence-electron chi connectivity index (χ3n) is 0.346. The van der Waals surface area contributed by atoms with Gasteiger partial charge in [0, 0.05) is 6.61 Å². The molecule has 3 heteroatoms. The summed E-state index contributed by atoms with van der Waals surface area (Å²) in [4.78, 5) is 9.35. The van der Waals surface area contributed by atoms with Crippen LogP contribution in [0.15, 0.2) is 0 Å². The second kappa shape index (κ2) is 5.43.